The summed E-state index contributed by atoms with van der Waals surface area (Å²) < 4.78 is 15.9. The molecule has 0 unspecified atom stereocenters. The summed E-state index contributed by atoms with van der Waals surface area (Å²) in [7, 11) is 0. The molecule has 2 aromatic rings. The summed E-state index contributed by atoms with van der Waals surface area (Å²) in [6.45, 7) is 0.246. The van der Waals surface area contributed by atoms with E-state index in [1.807, 2.05) is 0 Å². The third kappa shape index (κ3) is 2.69. The van der Waals surface area contributed by atoms with Crippen molar-refractivity contribution in [2.24, 2.45) is 0 Å². The number of carboxylic acid groups (broad SMARTS) is 1. The van der Waals surface area contributed by atoms with Gasteiger partial charge in [-0.1, -0.05) is 12.1 Å². The predicted molar refractivity (Wildman–Crippen MR) is 72.0 cm³/mol. The van der Waals surface area contributed by atoms with Crippen LogP contribution in [0, 0.1) is 0 Å². The van der Waals surface area contributed by atoms with E-state index in [2.05, 4.69) is 0 Å². The first-order valence-corrected chi connectivity index (χ1v) is 6.21. The van der Waals surface area contributed by atoms with Crippen LogP contribution in [0.3, 0.4) is 0 Å². The summed E-state index contributed by atoms with van der Waals surface area (Å²) in [6, 6.07) is 9.36. The summed E-state index contributed by atoms with van der Waals surface area (Å²) >= 11 is 0. The molecule has 0 aromatic heterocycles. The van der Waals surface area contributed by atoms with E-state index in [0.717, 1.165) is 5.56 Å². The Morgan fingerprint density at radius 3 is 2.48 bits per heavy atom. The molecule has 21 heavy (non-hydrogen) atoms. The zero-order valence-corrected chi connectivity index (χ0v) is 10.9. The van der Waals surface area contributed by atoms with E-state index < -0.39 is 5.97 Å². The number of fused-ring (bicyclic) bond motifs is 1. The van der Waals surface area contributed by atoms with Crippen LogP contribution < -0.4 is 14.2 Å². The van der Waals surface area contributed by atoms with E-state index in [9.17, 15) is 15.0 Å². The highest BCUT2D eigenvalue weighted by molar-refractivity contribution is 5.92. The van der Waals surface area contributed by atoms with Crippen LogP contribution in [0.1, 0.15) is 15.9 Å². The van der Waals surface area contributed by atoms with Crippen LogP contribution in [0.2, 0.25) is 0 Å². The van der Waals surface area contributed by atoms with Gasteiger partial charge in [0.1, 0.15) is 23.7 Å². The molecule has 0 spiro atoms. The quantitative estimate of drug-likeness (QED) is 0.898. The van der Waals surface area contributed by atoms with Crippen LogP contribution in [0.15, 0.2) is 36.4 Å². The Balaban J connectivity index is 1.84. The van der Waals surface area contributed by atoms with Crippen molar-refractivity contribution in [1.29, 1.82) is 0 Å². The molecule has 0 saturated heterocycles. The maximum Gasteiger partial charge on any atom is 0.339 e. The number of phenols is 1. The van der Waals surface area contributed by atoms with Gasteiger partial charge in [0, 0.05) is 12.1 Å². The smallest absolute Gasteiger partial charge is 0.339 e. The largest absolute Gasteiger partial charge is 0.508 e. The van der Waals surface area contributed by atoms with E-state index in [1.165, 1.54) is 24.3 Å². The van der Waals surface area contributed by atoms with Gasteiger partial charge >= 0.3 is 5.97 Å². The first-order valence-electron chi connectivity index (χ1n) is 6.21. The van der Waals surface area contributed by atoms with Crippen LogP contribution >= 0.6 is 0 Å². The van der Waals surface area contributed by atoms with E-state index in [0.29, 0.717) is 11.5 Å². The second kappa shape index (κ2) is 5.24. The van der Waals surface area contributed by atoms with Gasteiger partial charge in [0.15, 0.2) is 11.5 Å². The van der Waals surface area contributed by atoms with Crippen LogP contribution in [-0.2, 0) is 6.61 Å². The predicted octanol–water partition coefficient (Wildman–Crippen LogP) is 2.40. The summed E-state index contributed by atoms with van der Waals surface area (Å²) in [5.74, 6) is 0.118. The number of ether oxygens (including phenoxy) is 3. The number of aromatic hydroxyl groups is 1. The molecule has 2 N–H and O–H groups in total. The number of carboxylic acids is 1. The average Bonchev–Trinajstić information content (AvgIpc) is 2.92. The Morgan fingerprint density at radius 1 is 1.14 bits per heavy atom. The molecule has 108 valence electrons. The molecule has 0 bridgehead atoms. The van der Waals surface area contributed by atoms with Gasteiger partial charge in [-0.25, -0.2) is 4.79 Å². The van der Waals surface area contributed by atoms with Crippen LogP contribution in [0.25, 0.3) is 0 Å². The number of phenolic OH excluding ortho intramolecular Hbond substituents is 1. The normalized spacial score (nSPS) is 12.2. The van der Waals surface area contributed by atoms with Crippen molar-refractivity contribution in [3.8, 4) is 23.0 Å². The first kappa shape index (κ1) is 13.1. The number of hydrogen-bond donors (Lipinski definition) is 2. The molecule has 2 aromatic carbocycles. The number of hydrogen-bond acceptors (Lipinski definition) is 5. The van der Waals surface area contributed by atoms with Crippen molar-refractivity contribution in [3.05, 3.63) is 47.5 Å². The molecule has 0 fully saturated rings. The summed E-state index contributed by atoms with van der Waals surface area (Å²) in [6.07, 6.45) is 0. The van der Waals surface area contributed by atoms with Gasteiger partial charge in [-0.15, -0.1) is 0 Å². The molecule has 0 atom stereocenters. The highest BCUT2D eigenvalue weighted by Crippen LogP contribution is 2.38. The molecule has 0 aliphatic carbocycles. The van der Waals surface area contributed by atoms with Crippen molar-refractivity contribution in [1.82, 2.24) is 0 Å². The zero-order chi connectivity index (χ0) is 14.8. The van der Waals surface area contributed by atoms with Crippen molar-refractivity contribution in [2.45, 2.75) is 6.61 Å². The average molecular weight is 288 g/mol. The monoisotopic (exact) mass is 288 g/mol. The van der Waals surface area contributed by atoms with Gasteiger partial charge in [-0.05, 0) is 17.7 Å². The highest BCUT2D eigenvalue weighted by Gasteiger charge is 2.21. The molecule has 1 aliphatic rings. The standard InChI is InChI=1S/C15H12O6/c16-10-3-1-9(2-4-10)7-19-12-6-14-13(20-8-21-14)5-11(12)15(17)18/h1-6,16H,7-8H2,(H,17,18). The van der Waals surface area contributed by atoms with Gasteiger partial charge in [-0.3, -0.25) is 0 Å². The summed E-state index contributed by atoms with van der Waals surface area (Å²) in [5.41, 5.74) is 0.819. The number of aromatic carboxylic acids is 1. The minimum absolute atomic E-state index is 0.0121. The molecule has 3 rings (SSSR count). The maximum absolute atomic E-state index is 11.3. The molecule has 0 radical (unpaired) electrons. The van der Waals surface area contributed by atoms with Gasteiger partial charge in [0.2, 0.25) is 6.79 Å². The fourth-order valence-electron chi connectivity index (χ4n) is 1.96. The van der Waals surface area contributed by atoms with E-state index in [-0.39, 0.29) is 30.5 Å². The second-order valence-electron chi connectivity index (χ2n) is 4.46. The zero-order valence-electron chi connectivity index (χ0n) is 10.9. The van der Waals surface area contributed by atoms with Gasteiger partial charge in [0.25, 0.3) is 0 Å². The SMILES string of the molecule is O=C(O)c1cc2c(cc1OCc1ccc(O)cc1)OCO2. The molecule has 6 nitrogen and oxygen atoms in total. The summed E-state index contributed by atoms with van der Waals surface area (Å²) in [5, 5.41) is 18.4. The van der Waals surface area contributed by atoms with Gasteiger partial charge < -0.3 is 24.4 Å². The van der Waals surface area contributed by atoms with Crippen molar-refractivity contribution in [3.63, 3.8) is 0 Å². The van der Waals surface area contributed by atoms with Crippen LogP contribution in [-0.4, -0.2) is 23.0 Å². The Hall–Kier alpha value is -2.89. The molecular formula is C15H12O6. The minimum Gasteiger partial charge on any atom is -0.508 e. The highest BCUT2D eigenvalue weighted by atomic mass is 16.7. The summed E-state index contributed by atoms with van der Waals surface area (Å²) in [4.78, 5) is 11.3. The molecule has 0 saturated carbocycles. The van der Waals surface area contributed by atoms with Gasteiger partial charge in [0.05, 0.1) is 0 Å². The Bertz CT molecular complexity index is 677. The van der Waals surface area contributed by atoms with Crippen LogP contribution in [0.5, 0.6) is 23.0 Å². The lowest BCUT2D eigenvalue weighted by Crippen LogP contribution is -2.03. The van der Waals surface area contributed by atoms with Gasteiger partial charge in [-0.2, -0.15) is 0 Å². The third-order valence-electron chi connectivity index (χ3n) is 3.04. The molecule has 0 amide bonds. The van der Waals surface area contributed by atoms with Crippen molar-refractivity contribution < 1.29 is 29.2 Å². The third-order valence-corrected chi connectivity index (χ3v) is 3.04. The van der Waals surface area contributed by atoms with Crippen molar-refractivity contribution in [2.75, 3.05) is 6.79 Å². The van der Waals surface area contributed by atoms with Crippen LogP contribution in [0.4, 0.5) is 0 Å². The molecule has 1 heterocycles. The molecular weight excluding hydrogens is 276 g/mol. The fraction of sp³-hybridized carbons (Fsp3) is 0.133. The Morgan fingerprint density at radius 2 is 1.81 bits per heavy atom. The minimum atomic E-state index is -1.10. The second-order valence-corrected chi connectivity index (χ2v) is 4.46. The van der Waals surface area contributed by atoms with Crippen molar-refractivity contribution >= 4 is 5.97 Å². The maximum atomic E-state index is 11.3. The topological polar surface area (TPSA) is 85.2 Å². The lowest BCUT2D eigenvalue weighted by atomic mass is 10.1. The number of carbonyl (C=O) groups is 1. The lowest BCUT2D eigenvalue weighted by Gasteiger charge is -2.10. The first-order chi connectivity index (χ1) is 10.1. The van der Waals surface area contributed by atoms with E-state index >= 15 is 0 Å². The number of rotatable bonds is 4. The lowest BCUT2D eigenvalue weighted by molar-refractivity contribution is 0.0691. The Labute approximate surface area is 120 Å². The fourth-order valence-corrected chi connectivity index (χ4v) is 1.96. The Kier molecular flexibility index (Phi) is 3.27. The van der Waals surface area contributed by atoms with E-state index in [1.54, 1.807) is 12.1 Å². The number of benzene rings is 2. The van der Waals surface area contributed by atoms with E-state index in [4.69, 9.17) is 14.2 Å². The molecule has 6 heteroatoms. The molecule has 1 aliphatic heterocycles.